The third-order valence-electron chi connectivity index (χ3n) is 7.58. The van der Waals surface area contributed by atoms with Crippen molar-refractivity contribution < 1.29 is 0 Å². The van der Waals surface area contributed by atoms with Gasteiger partial charge in [0.25, 0.3) is 0 Å². The topological polar surface area (TPSA) is 91.5 Å². The third kappa shape index (κ3) is 4.30. The van der Waals surface area contributed by atoms with E-state index in [2.05, 4.69) is 75.8 Å². The quantitative estimate of drug-likeness (QED) is 0.293. The maximum absolute atomic E-state index is 9.79. The van der Waals surface area contributed by atoms with Crippen LogP contribution in [0.2, 0.25) is 5.02 Å². The Hall–Kier alpha value is -3.63. The predicted octanol–water partition coefficient (Wildman–Crippen LogP) is 6.52. The Bertz CT molecular complexity index is 1500. The van der Waals surface area contributed by atoms with Gasteiger partial charge in [-0.1, -0.05) is 67.9 Å². The zero-order chi connectivity index (χ0) is 25.8. The number of hydrogen-bond donors (Lipinski definition) is 2. The molecule has 2 N–H and O–H groups in total. The van der Waals surface area contributed by atoms with Gasteiger partial charge in [-0.15, -0.1) is 5.10 Å². The second kappa shape index (κ2) is 8.74. The van der Waals surface area contributed by atoms with Crippen LogP contribution in [-0.4, -0.2) is 26.5 Å². The molecule has 2 aromatic carbocycles. The smallest absolute Gasteiger partial charge is 0.109 e. The van der Waals surface area contributed by atoms with Crippen molar-refractivity contribution in [1.82, 2.24) is 20.0 Å². The fourth-order valence-electron chi connectivity index (χ4n) is 5.47. The third-order valence-corrected chi connectivity index (χ3v) is 7.87. The van der Waals surface area contributed by atoms with Crippen molar-refractivity contribution in [2.75, 3.05) is 17.2 Å². The number of benzene rings is 2. The molecule has 0 unspecified atom stereocenters. The Kier molecular flexibility index (Phi) is 5.61. The summed E-state index contributed by atoms with van der Waals surface area (Å²) in [6.45, 7) is 7.16. The number of fused-ring (bicyclic) bond motifs is 1. The molecule has 188 valence electrons. The van der Waals surface area contributed by atoms with Crippen LogP contribution >= 0.6 is 11.6 Å². The number of halogens is 1. The molecule has 4 aromatic rings. The van der Waals surface area contributed by atoms with Gasteiger partial charge >= 0.3 is 0 Å². The second-order valence-corrected chi connectivity index (χ2v) is 12.1. The van der Waals surface area contributed by atoms with Crippen LogP contribution in [0.5, 0.6) is 0 Å². The molecule has 3 aliphatic rings. The first-order chi connectivity index (χ1) is 17.7. The van der Waals surface area contributed by atoms with Gasteiger partial charge in [0.15, 0.2) is 0 Å². The lowest BCUT2D eigenvalue weighted by Gasteiger charge is -2.61. The molecule has 8 heteroatoms. The molecule has 2 heterocycles. The average molecular weight is 512 g/mol. The highest BCUT2D eigenvalue weighted by molar-refractivity contribution is 6.35. The van der Waals surface area contributed by atoms with E-state index in [1.165, 1.54) is 19.3 Å². The Morgan fingerprint density at radius 1 is 1.19 bits per heavy atom. The van der Waals surface area contributed by atoms with Crippen LogP contribution in [0, 0.1) is 22.7 Å². The van der Waals surface area contributed by atoms with E-state index < -0.39 is 0 Å². The van der Waals surface area contributed by atoms with Crippen molar-refractivity contribution in [2.45, 2.75) is 51.6 Å². The monoisotopic (exact) mass is 511 g/mol. The van der Waals surface area contributed by atoms with Crippen LogP contribution < -0.4 is 10.6 Å². The Labute approximate surface area is 221 Å². The minimum Gasteiger partial charge on any atom is -0.383 e. The van der Waals surface area contributed by atoms with Crippen molar-refractivity contribution >= 4 is 33.9 Å². The van der Waals surface area contributed by atoms with Gasteiger partial charge in [0.1, 0.15) is 11.8 Å². The fraction of sp³-hybridized carbons (Fsp3) is 0.379. The number of hydrogen-bond acceptors (Lipinski definition) is 6. The Morgan fingerprint density at radius 3 is 2.59 bits per heavy atom. The van der Waals surface area contributed by atoms with Gasteiger partial charge in [-0.3, -0.25) is 4.98 Å². The SMILES string of the molecule is CC(C)(C)CNc1c(C#N)cnc2c(Cl)cc(N[C@@H](c3ccccc3)c3cn(C45CC(C4)C5)nn3)cc12. The molecular formula is C29H30ClN7. The minimum absolute atomic E-state index is 0.0343. The van der Waals surface area contributed by atoms with Gasteiger partial charge in [0, 0.05) is 23.8 Å². The molecule has 7 rings (SSSR count). The number of aromatic nitrogens is 4. The van der Waals surface area contributed by atoms with E-state index in [0.29, 0.717) is 22.6 Å². The van der Waals surface area contributed by atoms with Crippen molar-refractivity contribution in [1.29, 1.82) is 5.26 Å². The number of nitrogens with zero attached hydrogens (tertiary/aromatic N) is 5. The summed E-state index contributed by atoms with van der Waals surface area (Å²) in [5.41, 5.74) is 4.88. The molecule has 1 atom stereocenters. The minimum atomic E-state index is -0.214. The Morgan fingerprint density at radius 2 is 1.95 bits per heavy atom. The van der Waals surface area contributed by atoms with E-state index in [1.54, 1.807) is 6.20 Å². The van der Waals surface area contributed by atoms with Gasteiger partial charge in [-0.2, -0.15) is 5.26 Å². The van der Waals surface area contributed by atoms with Crippen molar-refractivity contribution in [2.24, 2.45) is 11.3 Å². The molecule has 0 saturated heterocycles. The molecule has 2 bridgehead atoms. The van der Waals surface area contributed by atoms with Crippen LogP contribution in [0.4, 0.5) is 11.4 Å². The highest BCUT2D eigenvalue weighted by Crippen LogP contribution is 2.62. The summed E-state index contributed by atoms with van der Waals surface area (Å²) in [6, 6.07) is 16.2. The van der Waals surface area contributed by atoms with E-state index in [4.69, 9.17) is 11.6 Å². The lowest BCUT2D eigenvalue weighted by Crippen LogP contribution is -2.59. The second-order valence-electron chi connectivity index (χ2n) is 11.7. The van der Waals surface area contributed by atoms with E-state index in [9.17, 15) is 5.26 Å². The molecular weight excluding hydrogens is 482 g/mol. The van der Waals surface area contributed by atoms with E-state index >= 15 is 0 Å². The first-order valence-electron chi connectivity index (χ1n) is 12.8. The molecule has 0 spiro atoms. The van der Waals surface area contributed by atoms with Crippen LogP contribution in [0.15, 0.2) is 54.9 Å². The number of nitriles is 1. The zero-order valence-electron chi connectivity index (χ0n) is 21.3. The number of nitrogens with one attached hydrogen (secondary N) is 2. The maximum Gasteiger partial charge on any atom is 0.109 e. The Balaban J connectivity index is 1.40. The summed E-state index contributed by atoms with van der Waals surface area (Å²) < 4.78 is 2.07. The normalized spacial score (nSPS) is 21.0. The van der Waals surface area contributed by atoms with Crippen molar-refractivity contribution in [3.63, 3.8) is 0 Å². The molecule has 3 fully saturated rings. The van der Waals surface area contributed by atoms with Gasteiger partial charge < -0.3 is 10.6 Å². The van der Waals surface area contributed by atoms with Crippen molar-refractivity contribution in [3.05, 3.63) is 76.7 Å². The van der Waals surface area contributed by atoms with Gasteiger partial charge in [-0.05, 0) is 48.3 Å². The highest BCUT2D eigenvalue weighted by Gasteiger charge is 2.58. The van der Waals surface area contributed by atoms with Crippen LogP contribution in [0.3, 0.4) is 0 Å². The molecule has 3 saturated carbocycles. The number of anilines is 2. The summed E-state index contributed by atoms with van der Waals surface area (Å²) in [6.07, 6.45) is 7.30. The molecule has 7 nitrogen and oxygen atoms in total. The summed E-state index contributed by atoms with van der Waals surface area (Å²) in [7, 11) is 0. The van der Waals surface area contributed by atoms with Crippen LogP contribution in [0.1, 0.15) is 62.9 Å². The van der Waals surface area contributed by atoms with E-state index in [0.717, 1.165) is 33.9 Å². The summed E-state index contributed by atoms with van der Waals surface area (Å²) >= 11 is 6.75. The van der Waals surface area contributed by atoms with Crippen LogP contribution in [-0.2, 0) is 5.54 Å². The summed E-state index contributed by atoms with van der Waals surface area (Å²) in [5, 5.41) is 27.4. The lowest BCUT2D eigenvalue weighted by molar-refractivity contribution is -0.0989. The van der Waals surface area contributed by atoms with E-state index in [1.807, 2.05) is 30.3 Å². The predicted molar refractivity (Wildman–Crippen MR) is 147 cm³/mol. The highest BCUT2D eigenvalue weighted by atomic mass is 35.5. The van der Waals surface area contributed by atoms with Crippen LogP contribution in [0.25, 0.3) is 10.9 Å². The summed E-state index contributed by atoms with van der Waals surface area (Å²) in [5.74, 6) is 0.864. The molecule has 37 heavy (non-hydrogen) atoms. The molecule has 3 aliphatic carbocycles. The summed E-state index contributed by atoms with van der Waals surface area (Å²) in [4.78, 5) is 4.50. The van der Waals surface area contributed by atoms with E-state index in [-0.39, 0.29) is 17.0 Å². The van der Waals surface area contributed by atoms with Gasteiger partial charge in [0.2, 0.25) is 0 Å². The number of rotatable bonds is 7. The van der Waals surface area contributed by atoms with Gasteiger partial charge in [0.05, 0.1) is 39.6 Å². The average Bonchev–Trinajstić information content (AvgIpc) is 3.28. The largest absolute Gasteiger partial charge is 0.383 e. The fourth-order valence-corrected chi connectivity index (χ4v) is 5.73. The molecule has 0 aliphatic heterocycles. The molecule has 0 amide bonds. The first kappa shape index (κ1) is 23.7. The first-order valence-corrected chi connectivity index (χ1v) is 13.1. The lowest BCUT2D eigenvalue weighted by atomic mass is 9.50. The van der Waals surface area contributed by atoms with Crippen molar-refractivity contribution in [3.8, 4) is 6.07 Å². The zero-order valence-corrected chi connectivity index (χ0v) is 22.0. The maximum atomic E-state index is 9.79. The molecule has 2 aromatic heterocycles. The molecule has 0 radical (unpaired) electrons. The standard InChI is InChI=1S/C29H30ClN7/c1-28(2,3)17-33-25-20(14-31)15-32-27-22(25)9-21(10-23(27)30)34-26(19-7-5-4-6-8-19)24-16-37(36-35-24)29-11-18(12-29)13-29/h4-10,15-16,18,26,34H,11-13,17H2,1-3H3,(H,32,33)/t18?,26-,29?/m0/s1. The van der Waals surface area contributed by atoms with Gasteiger partial charge in [-0.25, -0.2) is 4.68 Å². The number of pyridine rings is 1.